The number of fused-ring (bicyclic) bond motifs is 1. The van der Waals surface area contributed by atoms with Crippen molar-refractivity contribution in [1.29, 1.82) is 0 Å². The second kappa shape index (κ2) is 12.4. The molecule has 1 aliphatic rings. The number of carbonyl (C=O) groups is 2. The Balaban J connectivity index is 1.43. The number of ether oxygens (including phenoxy) is 1. The summed E-state index contributed by atoms with van der Waals surface area (Å²) >= 11 is 0. The molecule has 1 aliphatic carbocycles. The van der Waals surface area contributed by atoms with Crippen molar-refractivity contribution in [3.63, 3.8) is 0 Å². The zero-order chi connectivity index (χ0) is 31.6. The van der Waals surface area contributed by atoms with Gasteiger partial charge in [-0.05, 0) is 79.9 Å². The second-order valence-electron chi connectivity index (χ2n) is 12.4. The third kappa shape index (κ3) is 7.67. The molecule has 2 amide bonds. The van der Waals surface area contributed by atoms with E-state index in [0.29, 0.717) is 18.1 Å². The summed E-state index contributed by atoms with van der Waals surface area (Å²) in [5.41, 5.74) is 2.55. The maximum atomic E-state index is 13.2. The van der Waals surface area contributed by atoms with Crippen LogP contribution in [-0.4, -0.2) is 43.4 Å². The Morgan fingerprint density at radius 1 is 1.05 bits per heavy atom. The number of hydrogen-bond acceptors (Lipinski definition) is 5. The van der Waals surface area contributed by atoms with Crippen molar-refractivity contribution in [2.45, 2.75) is 51.6 Å². The molecule has 1 fully saturated rings. The minimum Gasteiger partial charge on any atom is -0.361 e. The van der Waals surface area contributed by atoms with Gasteiger partial charge < -0.3 is 20.3 Å². The van der Waals surface area contributed by atoms with E-state index in [1.165, 1.54) is 12.1 Å². The van der Waals surface area contributed by atoms with Crippen LogP contribution in [0.3, 0.4) is 0 Å². The zero-order valence-corrected chi connectivity index (χ0v) is 26.1. The van der Waals surface area contributed by atoms with Gasteiger partial charge in [-0.3, -0.25) is 14.7 Å². The number of amides is 2. The Hall–Kier alpha value is -4.16. The van der Waals surface area contributed by atoms with Gasteiger partial charge in [-0.1, -0.05) is 31.8 Å². The van der Waals surface area contributed by atoms with E-state index in [2.05, 4.69) is 40.5 Å². The molecule has 3 N–H and O–H groups in total. The Labute approximate surface area is 255 Å². The van der Waals surface area contributed by atoms with E-state index in [1.807, 2.05) is 30.0 Å². The van der Waals surface area contributed by atoms with E-state index in [0.717, 1.165) is 53.2 Å². The molecule has 8 nitrogen and oxygen atoms in total. The van der Waals surface area contributed by atoms with E-state index in [4.69, 9.17) is 4.74 Å². The number of halogens is 3. The van der Waals surface area contributed by atoms with Crippen molar-refractivity contribution in [2.24, 2.45) is 5.92 Å². The van der Waals surface area contributed by atoms with Gasteiger partial charge in [-0.15, -0.1) is 0 Å². The molecule has 0 radical (unpaired) electrons. The van der Waals surface area contributed by atoms with Gasteiger partial charge in [0.2, 0.25) is 5.91 Å². The predicted octanol–water partition coefficient (Wildman–Crippen LogP) is 7.94. The standard InChI is InChI=1S/C32H36F3N5O3Si/c1-20-8-9-22(31(42)36-24-7-5-6-23(17-24)32(33,34)35)16-28(20)40(19-43-14-15-44(2,3)4)25-12-13-26-27(18-25)38-39-29(26)37-30(41)21-10-11-21/h5-9,12-13,16-18,21H,10-11,14-15,19H2,1-4H3,(H,36,42)(H2,37,38,39,41). The molecule has 5 rings (SSSR count). The van der Waals surface area contributed by atoms with E-state index in [-0.39, 0.29) is 29.8 Å². The molecule has 44 heavy (non-hydrogen) atoms. The van der Waals surface area contributed by atoms with Crippen molar-refractivity contribution in [3.05, 3.63) is 77.4 Å². The smallest absolute Gasteiger partial charge is 0.361 e. The maximum Gasteiger partial charge on any atom is 0.416 e. The van der Waals surface area contributed by atoms with Gasteiger partial charge >= 0.3 is 6.18 Å². The van der Waals surface area contributed by atoms with Gasteiger partial charge in [0, 0.05) is 48.6 Å². The molecule has 0 bridgehead atoms. The van der Waals surface area contributed by atoms with E-state index in [9.17, 15) is 22.8 Å². The molecule has 1 saturated carbocycles. The number of benzene rings is 3. The molecule has 0 spiro atoms. The lowest BCUT2D eigenvalue weighted by Crippen LogP contribution is -2.26. The third-order valence-electron chi connectivity index (χ3n) is 7.47. The first kappa shape index (κ1) is 31.3. The molecular weight excluding hydrogens is 587 g/mol. The third-order valence-corrected chi connectivity index (χ3v) is 9.18. The van der Waals surface area contributed by atoms with Crippen LogP contribution in [0.25, 0.3) is 10.9 Å². The number of nitrogens with zero attached hydrogens (tertiary/aromatic N) is 2. The first-order chi connectivity index (χ1) is 20.8. The number of anilines is 4. The van der Waals surface area contributed by atoms with E-state index in [1.54, 1.807) is 18.2 Å². The number of aromatic amines is 1. The van der Waals surface area contributed by atoms with Crippen LogP contribution in [0, 0.1) is 12.8 Å². The summed E-state index contributed by atoms with van der Waals surface area (Å²) in [6, 6.07) is 16.4. The number of H-pyrrole nitrogens is 1. The van der Waals surface area contributed by atoms with Gasteiger partial charge in [0.05, 0.1) is 11.1 Å². The van der Waals surface area contributed by atoms with Crippen molar-refractivity contribution >= 4 is 53.7 Å². The number of aryl methyl sites for hydroxylation is 1. The van der Waals surface area contributed by atoms with Crippen LogP contribution in [0.5, 0.6) is 0 Å². The summed E-state index contributed by atoms with van der Waals surface area (Å²) in [6.07, 6.45) is -2.74. The van der Waals surface area contributed by atoms with Crippen LogP contribution in [0.4, 0.5) is 36.1 Å². The molecule has 232 valence electrons. The summed E-state index contributed by atoms with van der Waals surface area (Å²) in [6.45, 7) is 9.52. The molecule has 0 atom stereocenters. The molecule has 0 saturated heterocycles. The Morgan fingerprint density at radius 3 is 2.52 bits per heavy atom. The molecule has 0 aliphatic heterocycles. The van der Waals surface area contributed by atoms with Crippen molar-refractivity contribution < 1.29 is 27.5 Å². The highest BCUT2D eigenvalue weighted by Crippen LogP contribution is 2.35. The fourth-order valence-electron chi connectivity index (χ4n) is 4.67. The lowest BCUT2D eigenvalue weighted by Gasteiger charge is -2.27. The topological polar surface area (TPSA) is 99.4 Å². The molecule has 4 aromatic rings. The summed E-state index contributed by atoms with van der Waals surface area (Å²) in [5.74, 6) is -0.0438. The lowest BCUT2D eigenvalue weighted by atomic mass is 10.1. The molecule has 0 unspecified atom stereocenters. The summed E-state index contributed by atoms with van der Waals surface area (Å²) in [5, 5.41) is 13.6. The highest BCUT2D eigenvalue weighted by Gasteiger charge is 2.31. The van der Waals surface area contributed by atoms with Crippen LogP contribution < -0.4 is 15.5 Å². The van der Waals surface area contributed by atoms with Crippen LogP contribution in [-0.2, 0) is 15.7 Å². The van der Waals surface area contributed by atoms with Crippen LogP contribution >= 0.6 is 0 Å². The zero-order valence-electron chi connectivity index (χ0n) is 25.1. The van der Waals surface area contributed by atoms with Gasteiger partial charge in [-0.25, -0.2) is 0 Å². The summed E-state index contributed by atoms with van der Waals surface area (Å²) < 4.78 is 45.8. The van der Waals surface area contributed by atoms with Crippen molar-refractivity contribution in [3.8, 4) is 0 Å². The SMILES string of the molecule is Cc1ccc(C(=O)Nc2cccc(C(F)(F)F)c2)cc1N(COCC[Si](C)(C)C)c1ccc2c(NC(=O)C3CC3)n[nH]c2c1. The number of hydrogen-bond donors (Lipinski definition) is 3. The molecular formula is C32H36F3N5O3Si. The monoisotopic (exact) mass is 623 g/mol. The van der Waals surface area contributed by atoms with E-state index < -0.39 is 25.7 Å². The highest BCUT2D eigenvalue weighted by atomic mass is 28.3. The number of aromatic nitrogens is 2. The molecule has 3 aromatic carbocycles. The first-order valence-electron chi connectivity index (χ1n) is 14.5. The lowest BCUT2D eigenvalue weighted by molar-refractivity contribution is -0.137. The second-order valence-corrected chi connectivity index (χ2v) is 18.0. The minimum atomic E-state index is -4.52. The average molecular weight is 624 g/mol. The van der Waals surface area contributed by atoms with Gasteiger partial charge in [0.1, 0.15) is 6.73 Å². The minimum absolute atomic E-state index is 0.0317. The molecule has 1 heterocycles. The predicted molar refractivity (Wildman–Crippen MR) is 169 cm³/mol. The maximum absolute atomic E-state index is 13.2. The van der Waals surface area contributed by atoms with Crippen molar-refractivity contribution in [2.75, 3.05) is 28.9 Å². The number of alkyl halides is 3. The molecule has 12 heteroatoms. The Morgan fingerprint density at radius 2 is 1.82 bits per heavy atom. The first-order valence-corrected chi connectivity index (χ1v) is 18.2. The fraction of sp³-hybridized carbons (Fsp3) is 0.344. The molecule has 1 aromatic heterocycles. The Kier molecular flexibility index (Phi) is 8.84. The number of nitrogens with one attached hydrogen (secondary N) is 3. The van der Waals surface area contributed by atoms with Gasteiger partial charge in [0.15, 0.2) is 5.82 Å². The van der Waals surface area contributed by atoms with E-state index >= 15 is 0 Å². The van der Waals surface area contributed by atoms with Crippen LogP contribution in [0.2, 0.25) is 25.7 Å². The summed E-state index contributed by atoms with van der Waals surface area (Å²) in [4.78, 5) is 27.5. The van der Waals surface area contributed by atoms with Crippen LogP contribution in [0.15, 0.2) is 60.7 Å². The fourth-order valence-corrected chi connectivity index (χ4v) is 5.43. The highest BCUT2D eigenvalue weighted by molar-refractivity contribution is 6.76. The Bertz CT molecular complexity index is 1680. The quantitative estimate of drug-likeness (QED) is 0.0895. The number of carbonyl (C=O) groups excluding carboxylic acids is 2. The largest absolute Gasteiger partial charge is 0.416 e. The number of rotatable bonds is 11. The van der Waals surface area contributed by atoms with Gasteiger partial charge in [-0.2, -0.15) is 18.3 Å². The normalized spacial score (nSPS) is 13.6. The van der Waals surface area contributed by atoms with Gasteiger partial charge in [0.25, 0.3) is 5.91 Å². The van der Waals surface area contributed by atoms with Crippen molar-refractivity contribution in [1.82, 2.24) is 10.2 Å². The average Bonchev–Trinajstić information content (AvgIpc) is 3.74. The van der Waals surface area contributed by atoms with Crippen LogP contribution in [0.1, 0.15) is 34.3 Å². The summed E-state index contributed by atoms with van der Waals surface area (Å²) in [7, 11) is -1.34.